The topological polar surface area (TPSA) is 58.6 Å². The van der Waals surface area contributed by atoms with Crippen molar-refractivity contribution in [2.24, 2.45) is 0 Å². The Balaban J connectivity index is 1.68. The summed E-state index contributed by atoms with van der Waals surface area (Å²) in [5, 5.41) is 3.15. The number of carbonyl (C=O) groups is 2. The van der Waals surface area contributed by atoms with E-state index in [4.69, 9.17) is 4.74 Å². The van der Waals surface area contributed by atoms with Crippen LogP contribution in [0.2, 0.25) is 0 Å². The van der Waals surface area contributed by atoms with Crippen LogP contribution in [0.25, 0.3) is 0 Å². The molecule has 1 aliphatic carbocycles. The predicted octanol–water partition coefficient (Wildman–Crippen LogP) is 5.26. The van der Waals surface area contributed by atoms with Gasteiger partial charge in [0.25, 0.3) is 5.91 Å². The molecular formula is C26H33BrN2O3. The molecule has 32 heavy (non-hydrogen) atoms. The first-order valence-corrected chi connectivity index (χ1v) is 12.3. The summed E-state index contributed by atoms with van der Waals surface area (Å²) >= 11 is 3.44. The number of nitrogens with one attached hydrogen (secondary N) is 1. The van der Waals surface area contributed by atoms with Crippen molar-refractivity contribution in [1.29, 1.82) is 0 Å². The molecule has 1 N–H and O–H groups in total. The molecule has 0 unspecified atom stereocenters. The third-order valence-corrected chi connectivity index (χ3v) is 6.61. The van der Waals surface area contributed by atoms with Crippen LogP contribution in [0.4, 0.5) is 0 Å². The molecule has 0 radical (unpaired) electrons. The van der Waals surface area contributed by atoms with Crippen molar-refractivity contribution in [2.75, 3.05) is 6.61 Å². The van der Waals surface area contributed by atoms with Crippen molar-refractivity contribution in [3.8, 4) is 5.75 Å². The number of benzene rings is 2. The summed E-state index contributed by atoms with van der Waals surface area (Å²) in [6, 6.07) is 15.2. The number of ether oxygens (including phenoxy) is 1. The molecule has 0 saturated heterocycles. The number of rotatable bonds is 9. The van der Waals surface area contributed by atoms with E-state index in [1.54, 1.807) is 11.8 Å². The van der Waals surface area contributed by atoms with Crippen LogP contribution in [-0.2, 0) is 22.6 Å². The number of carbonyl (C=O) groups excluding carboxylic acids is 2. The summed E-state index contributed by atoms with van der Waals surface area (Å²) in [4.78, 5) is 27.8. The summed E-state index contributed by atoms with van der Waals surface area (Å²) < 4.78 is 6.73. The average molecular weight is 501 g/mol. The Morgan fingerprint density at radius 2 is 1.66 bits per heavy atom. The molecule has 5 nitrogen and oxygen atoms in total. The van der Waals surface area contributed by atoms with Crippen LogP contribution in [0.5, 0.6) is 5.75 Å². The molecule has 0 heterocycles. The van der Waals surface area contributed by atoms with Gasteiger partial charge in [0.15, 0.2) is 6.61 Å². The van der Waals surface area contributed by atoms with Gasteiger partial charge in [-0.15, -0.1) is 0 Å². The van der Waals surface area contributed by atoms with Crippen molar-refractivity contribution in [1.82, 2.24) is 10.2 Å². The highest BCUT2D eigenvalue weighted by Gasteiger charge is 2.28. The molecule has 0 spiro atoms. The lowest BCUT2D eigenvalue weighted by atomic mass is 9.95. The summed E-state index contributed by atoms with van der Waals surface area (Å²) in [6.07, 6.45) is 6.49. The van der Waals surface area contributed by atoms with Crippen LogP contribution in [-0.4, -0.2) is 35.4 Å². The second-order valence-corrected chi connectivity index (χ2v) is 9.37. The summed E-state index contributed by atoms with van der Waals surface area (Å²) in [5.74, 6) is 0.340. The van der Waals surface area contributed by atoms with Gasteiger partial charge >= 0.3 is 0 Å². The average Bonchev–Trinajstić information content (AvgIpc) is 2.82. The Kier molecular flexibility index (Phi) is 9.15. The Hall–Kier alpha value is -2.34. The molecule has 0 bridgehead atoms. The van der Waals surface area contributed by atoms with E-state index in [0.29, 0.717) is 12.3 Å². The van der Waals surface area contributed by atoms with Crippen molar-refractivity contribution in [3.63, 3.8) is 0 Å². The monoisotopic (exact) mass is 500 g/mol. The van der Waals surface area contributed by atoms with Crippen LogP contribution >= 0.6 is 15.9 Å². The molecule has 1 aliphatic rings. The lowest BCUT2D eigenvalue weighted by molar-refractivity contribution is -0.142. The smallest absolute Gasteiger partial charge is 0.261 e. The lowest BCUT2D eigenvalue weighted by Crippen LogP contribution is -2.51. The highest BCUT2D eigenvalue weighted by Crippen LogP contribution is 2.19. The van der Waals surface area contributed by atoms with Gasteiger partial charge in [-0.05, 0) is 61.6 Å². The number of hydrogen-bond acceptors (Lipinski definition) is 3. The summed E-state index contributed by atoms with van der Waals surface area (Å²) in [6.45, 7) is 4.14. The maximum Gasteiger partial charge on any atom is 0.261 e. The SMILES string of the molecule is CCc1ccc(OCC(=O)N(Cc2ccc(Br)cc2)[C@@H](C)C(=O)NC2CCCCC2)cc1. The van der Waals surface area contributed by atoms with Crippen molar-refractivity contribution < 1.29 is 14.3 Å². The molecule has 6 heteroatoms. The minimum absolute atomic E-state index is 0.102. The second kappa shape index (κ2) is 12.0. The predicted molar refractivity (Wildman–Crippen MR) is 130 cm³/mol. The highest BCUT2D eigenvalue weighted by atomic mass is 79.9. The second-order valence-electron chi connectivity index (χ2n) is 8.45. The molecule has 2 amide bonds. The fourth-order valence-electron chi connectivity index (χ4n) is 3.99. The van der Waals surface area contributed by atoms with Crippen LogP contribution in [0.1, 0.15) is 57.1 Å². The van der Waals surface area contributed by atoms with Crippen molar-refractivity contribution in [3.05, 3.63) is 64.1 Å². The zero-order valence-electron chi connectivity index (χ0n) is 19.0. The van der Waals surface area contributed by atoms with Gasteiger partial charge in [0, 0.05) is 17.1 Å². The van der Waals surface area contributed by atoms with E-state index in [1.165, 1.54) is 12.0 Å². The van der Waals surface area contributed by atoms with Gasteiger partial charge in [-0.25, -0.2) is 0 Å². The van der Waals surface area contributed by atoms with E-state index in [2.05, 4.69) is 28.2 Å². The van der Waals surface area contributed by atoms with Crippen LogP contribution in [0.15, 0.2) is 53.0 Å². The largest absolute Gasteiger partial charge is 0.484 e. The molecule has 2 aromatic rings. The molecule has 3 rings (SSSR count). The number of amides is 2. The van der Waals surface area contributed by atoms with Crippen LogP contribution in [0.3, 0.4) is 0 Å². The lowest BCUT2D eigenvalue weighted by Gasteiger charge is -2.31. The number of nitrogens with zero attached hydrogens (tertiary/aromatic N) is 1. The maximum atomic E-state index is 13.2. The minimum atomic E-state index is -0.584. The van der Waals surface area contributed by atoms with Crippen molar-refractivity contribution >= 4 is 27.7 Å². The first kappa shape index (κ1) is 24.3. The Bertz CT molecular complexity index is 877. The van der Waals surface area contributed by atoms with Crippen LogP contribution < -0.4 is 10.1 Å². The van der Waals surface area contributed by atoms with Gasteiger partial charge in [0.1, 0.15) is 11.8 Å². The molecule has 2 aromatic carbocycles. The first-order chi connectivity index (χ1) is 15.5. The normalized spacial score (nSPS) is 15.1. The molecule has 172 valence electrons. The number of hydrogen-bond donors (Lipinski definition) is 1. The van der Waals surface area contributed by atoms with Gasteiger partial charge < -0.3 is 15.0 Å². The first-order valence-electron chi connectivity index (χ1n) is 11.5. The van der Waals surface area contributed by atoms with Gasteiger partial charge in [0.05, 0.1) is 0 Å². The summed E-state index contributed by atoms with van der Waals surface area (Å²) in [5.41, 5.74) is 2.18. The third kappa shape index (κ3) is 7.09. The van der Waals surface area contributed by atoms with E-state index < -0.39 is 6.04 Å². The Morgan fingerprint density at radius 3 is 2.28 bits per heavy atom. The van der Waals surface area contributed by atoms with Gasteiger partial charge in [-0.3, -0.25) is 9.59 Å². The van der Waals surface area contributed by atoms with Crippen LogP contribution in [0, 0.1) is 0 Å². The molecule has 0 aliphatic heterocycles. The van der Waals surface area contributed by atoms with E-state index >= 15 is 0 Å². The third-order valence-electron chi connectivity index (χ3n) is 6.08. The highest BCUT2D eigenvalue weighted by molar-refractivity contribution is 9.10. The van der Waals surface area contributed by atoms with E-state index in [-0.39, 0.29) is 24.5 Å². The molecule has 1 atom stereocenters. The summed E-state index contributed by atoms with van der Waals surface area (Å²) in [7, 11) is 0. The van der Waals surface area contributed by atoms with Gasteiger partial charge in [-0.2, -0.15) is 0 Å². The fourth-order valence-corrected chi connectivity index (χ4v) is 4.25. The zero-order chi connectivity index (χ0) is 22.9. The van der Waals surface area contributed by atoms with E-state index in [1.807, 2.05) is 48.5 Å². The molecule has 1 saturated carbocycles. The number of aryl methyl sites for hydroxylation is 1. The fraction of sp³-hybridized carbons (Fsp3) is 0.462. The quantitative estimate of drug-likeness (QED) is 0.510. The van der Waals surface area contributed by atoms with E-state index in [0.717, 1.165) is 42.1 Å². The zero-order valence-corrected chi connectivity index (χ0v) is 20.6. The molecule has 0 aromatic heterocycles. The Labute approximate surface area is 199 Å². The van der Waals surface area contributed by atoms with Crippen molar-refractivity contribution in [2.45, 2.75) is 71.0 Å². The number of halogens is 1. The molecule has 1 fully saturated rings. The minimum Gasteiger partial charge on any atom is -0.484 e. The Morgan fingerprint density at radius 1 is 1.03 bits per heavy atom. The van der Waals surface area contributed by atoms with Gasteiger partial charge in [-0.1, -0.05) is 66.4 Å². The van der Waals surface area contributed by atoms with Gasteiger partial charge in [0.2, 0.25) is 5.91 Å². The standard InChI is InChI=1S/C26H33BrN2O3/c1-3-20-11-15-24(16-12-20)32-18-25(30)29(17-21-9-13-22(27)14-10-21)19(2)26(31)28-23-7-5-4-6-8-23/h9-16,19,23H,3-8,17-18H2,1-2H3,(H,28,31)/t19-/m0/s1. The maximum absolute atomic E-state index is 13.2. The van der Waals surface area contributed by atoms with E-state index in [9.17, 15) is 9.59 Å². The molecular weight excluding hydrogens is 468 g/mol.